The van der Waals surface area contributed by atoms with Gasteiger partial charge in [0.1, 0.15) is 0 Å². The van der Waals surface area contributed by atoms with Gasteiger partial charge in [-0.3, -0.25) is 14.5 Å². The lowest BCUT2D eigenvalue weighted by Crippen LogP contribution is -2.61. The van der Waals surface area contributed by atoms with Crippen LogP contribution in [0.15, 0.2) is 0 Å². The predicted molar refractivity (Wildman–Crippen MR) is 77.9 cm³/mol. The topological polar surface area (TPSA) is 72.9 Å². The number of rotatable bonds is 3. The van der Waals surface area contributed by atoms with E-state index in [4.69, 9.17) is 0 Å². The fourth-order valence-corrected chi connectivity index (χ4v) is 4.25. The largest absolute Gasteiger partial charge is 0.481 e. The number of carbonyl (C=O) groups excluding carboxylic acids is 1. The average Bonchev–Trinajstić information content (AvgIpc) is 3.05. The number of amides is 1. The molecule has 118 valence electrons. The molecule has 3 fully saturated rings. The first-order valence-electron chi connectivity index (χ1n) is 7.94. The van der Waals surface area contributed by atoms with Crippen molar-refractivity contribution in [1.29, 1.82) is 0 Å². The van der Waals surface area contributed by atoms with E-state index in [2.05, 4.69) is 10.2 Å². The minimum Gasteiger partial charge on any atom is -0.481 e. The van der Waals surface area contributed by atoms with Crippen LogP contribution in [0.25, 0.3) is 0 Å². The Kier molecular flexibility index (Phi) is 3.69. The summed E-state index contributed by atoms with van der Waals surface area (Å²) in [5, 5.41) is 12.6. The van der Waals surface area contributed by atoms with Gasteiger partial charge in [-0.25, -0.2) is 0 Å². The fraction of sp³-hybridized carbons (Fsp3) is 0.867. The summed E-state index contributed by atoms with van der Waals surface area (Å²) >= 11 is 0. The van der Waals surface area contributed by atoms with E-state index >= 15 is 0 Å². The van der Waals surface area contributed by atoms with Gasteiger partial charge in [0, 0.05) is 38.3 Å². The summed E-state index contributed by atoms with van der Waals surface area (Å²) in [5.74, 6) is -1.01. The molecular weight excluding hydrogens is 270 g/mol. The number of nitrogens with one attached hydrogen (secondary N) is 1. The maximum Gasteiger partial charge on any atom is 0.308 e. The van der Waals surface area contributed by atoms with E-state index in [1.165, 1.54) is 0 Å². The summed E-state index contributed by atoms with van der Waals surface area (Å²) < 4.78 is 0. The number of piperazine rings is 1. The van der Waals surface area contributed by atoms with Crippen LogP contribution in [0.3, 0.4) is 0 Å². The zero-order chi connectivity index (χ0) is 15.2. The molecule has 0 aromatic heterocycles. The number of carboxylic acids is 1. The zero-order valence-corrected chi connectivity index (χ0v) is 12.8. The van der Waals surface area contributed by atoms with Crippen molar-refractivity contribution in [3.05, 3.63) is 0 Å². The van der Waals surface area contributed by atoms with E-state index in [9.17, 15) is 14.7 Å². The Morgan fingerprint density at radius 3 is 2.43 bits per heavy atom. The van der Waals surface area contributed by atoms with Crippen molar-refractivity contribution in [2.24, 2.45) is 5.92 Å². The molecule has 0 aromatic carbocycles. The van der Waals surface area contributed by atoms with Crippen LogP contribution in [0.4, 0.5) is 0 Å². The average molecular weight is 295 g/mol. The number of carboxylic acid groups (broad SMARTS) is 1. The monoisotopic (exact) mass is 295 g/mol. The van der Waals surface area contributed by atoms with Crippen molar-refractivity contribution in [2.45, 2.75) is 50.7 Å². The van der Waals surface area contributed by atoms with Gasteiger partial charge in [-0.15, -0.1) is 0 Å². The molecule has 6 nitrogen and oxygen atoms in total. The Balaban J connectivity index is 1.77. The number of fused-ring (bicyclic) bond motifs is 2. The van der Waals surface area contributed by atoms with Gasteiger partial charge in [0.25, 0.3) is 0 Å². The molecule has 1 amide bonds. The third kappa shape index (κ3) is 2.34. The number of carbonyl (C=O) groups is 2. The lowest BCUT2D eigenvalue weighted by atomic mass is 9.89. The molecule has 3 atom stereocenters. The first-order chi connectivity index (χ1) is 9.93. The molecule has 2 N–H and O–H groups in total. The SMILES string of the molecule is CC(C)(C(=O)N1C2CCC1C(C(=O)O)C2)N1CCNCC1. The molecule has 3 aliphatic rings. The van der Waals surface area contributed by atoms with Crippen LogP contribution in [0.5, 0.6) is 0 Å². The Morgan fingerprint density at radius 1 is 1.19 bits per heavy atom. The van der Waals surface area contributed by atoms with Gasteiger partial charge in [0.05, 0.1) is 11.5 Å². The van der Waals surface area contributed by atoms with Gasteiger partial charge >= 0.3 is 5.97 Å². The van der Waals surface area contributed by atoms with Crippen molar-refractivity contribution in [3.63, 3.8) is 0 Å². The molecule has 0 radical (unpaired) electrons. The molecule has 3 heterocycles. The molecule has 0 aliphatic carbocycles. The lowest BCUT2D eigenvalue weighted by Gasteiger charge is -2.42. The van der Waals surface area contributed by atoms with E-state index in [0.717, 1.165) is 39.0 Å². The third-order valence-corrected chi connectivity index (χ3v) is 5.52. The molecule has 3 saturated heterocycles. The quantitative estimate of drug-likeness (QED) is 0.774. The summed E-state index contributed by atoms with van der Waals surface area (Å²) in [6, 6.07) is 0.0352. The maximum atomic E-state index is 13.1. The van der Waals surface area contributed by atoms with Crippen LogP contribution in [0, 0.1) is 5.92 Å². The van der Waals surface area contributed by atoms with Crippen molar-refractivity contribution in [2.75, 3.05) is 26.2 Å². The second-order valence-corrected chi connectivity index (χ2v) is 6.99. The van der Waals surface area contributed by atoms with Gasteiger partial charge in [-0.1, -0.05) is 0 Å². The van der Waals surface area contributed by atoms with E-state index in [1.54, 1.807) is 0 Å². The summed E-state index contributed by atoms with van der Waals surface area (Å²) in [7, 11) is 0. The Hall–Kier alpha value is -1.14. The normalized spacial score (nSPS) is 33.4. The van der Waals surface area contributed by atoms with Gasteiger partial charge in [0.2, 0.25) is 5.91 Å². The first-order valence-corrected chi connectivity index (χ1v) is 7.94. The molecule has 0 saturated carbocycles. The van der Waals surface area contributed by atoms with Crippen molar-refractivity contribution < 1.29 is 14.7 Å². The van der Waals surface area contributed by atoms with Crippen LogP contribution < -0.4 is 5.32 Å². The van der Waals surface area contributed by atoms with Gasteiger partial charge in [-0.05, 0) is 33.1 Å². The van der Waals surface area contributed by atoms with E-state index in [0.29, 0.717) is 6.42 Å². The van der Waals surface area contributed by atoms with Crippen molar-refractivity contribution in [3.8, 4) is 0 Å². The summed E-state index contributed by atoms with van der Waals surface area (Å²) in [6.45, 7) is 7.50. The van der Waals surface area contributed by atoms with Crippen molar-refractivity contribution in [1.82, 2.24) is 15.1 Å². The van der Waals surface area contributed by atoms with Crippen molar-refractivity contribution >= 4 is 11.9 Å². The second-order valence-electron chi connectivity index (χ2n) is 6.99. The fourth-order valence-electron chi connectivity index (χ4n) is 4.25. The molecule has 3 unspecified atom stereocenters. The molecule has 6 heteroatoms. The van der Waals surface area contributed by atoms with E-state index in [1.807, 2.05) is 18.7 Å². The lowest BCUT2D eigenvalue weighted by molar-refractivity contribution is -0.146. The highest BCUT2D eigenvalue weighted by Crippen LogP contribution is 2.43. The summed E-state index contributed by atoms with van der Waals surface area (Å²) in [6.07, 6.45) is 2.42. The highest BCUT2D eigenvalue weighted by Gasteiger charge is 2.54. The second kappa shape index (κ2) is 5.25. The van der Waals surface area contributed by atoms with Gasteiger partial charge in [-0.2, -0.15) is 0 Å². The standard InChI is InChI=1S/C15H25N3O3/c1-15(2,17-7-5-16-6-8-17)14(21)18-10-3-4-12(18)11(9-10)13(19)20/h10-12,16H,3-9H2,1-2H3,(H,19,20). The third-order valence-electron chi connectivity index (χ3n) is 5.52. The van der Waals surface area contributed by atoms with Crippen LogP contribution in [0.2, 0.25) is 0 Å². The summed E-state index contributed by atoms with van der Waals surface area (Å²) in [4.78, 5) is 28.5. The van der Waals surface area contributed by atoms with Crippen LogP contribution >= 0.6 is 0 Å². The molecule has 0 spiro atoms. The molecule has 3 rings (SSSR count). The van der Waals surface area contributed by atoms with Gasteiger partial charge < -0.3 is 15.3 Å². The minimum atomic E-state index is -0.750. The van der Waals surface area contributed by atoms with Crippen LogP contribution in [0.1, 0.15) is 33.1 Å². The Morgan fingerprint density at radius 2 is 1.86 bits per heavy atom. The minimum absolute atomic E-state index is 0.0952. The maximum absolute atomic E-state index is 13.1. The Labute approximate surface area is 125 Å². The molecular formula is C15H25N3O3. The zero-order valence-electron chi connectivity index (χ0n) is 12.8. The first kappa shape index (κ1) is 14.8. The summed E-state index contributed by atoms with van der Waals surface area (Å²) in [5.41, 5.74) is -0.545. The molecule has 2 bridgehead atoms. The number of hydrogen-bond acceptors (Lipinski definition) is 4. The molecule has 0 aromatic rings. The van der Waals surface area contributed by atoms with E-state index < -0.39 is 11.5 Å². The predicted octanol–water partition coefficient (Wildman–Crippen LogP) is 0.134. The van der Waals surface area contributed by atoms with Crippen LogP contribution in [-0.4, -0.2) is 70.6 Å². The number of aliphatic carboxylic acids is 1. The highest BCUT2D eigenvalue weighted by atomic mass is 16.4. The number of hydrogen-bond donors (Lipinski definition) is 2. The molecule has 21 heavy (non-hydrogen) atoms. The number of nitrogens with zero attached hydrogens (tertiary/aromatic N) is 2. The van der Waals surface area contributed by atoms with E-state index in [-0.39, 0.29) is 23.9 Å². The smallest absolute Gasteiger partial charge is 0.308 e. The molecule has 3 aliphatic heterocycles. The Bertz CT molecular complexity index is 445. The van der Waals surface area contributed by atoms with Crippen LogP contribution in [-0.2, 0) is 9.59 Å². The van der Waals surface area contributed by atoms with Gasteiger partial charge in [0.15, 0.2) is 0 Å². The highest BCUT2D eigenvalue weighted by molar-refractivity contribution is 5.88.